The van der Waals surface area contributed by atoms with E-state index < -0.39 is 19.8 Å². The Labute approximate surface area is 142 Å². The molecular weight excluding hydrogens is 402 g/mol. The molecule has 118 valence electrons. The summed E-state index contributed by atoms with van der Waals surface area (Å²) in [7, 11) is 0. The molecule has 0 amide bonds. The van der Waals surface area contributed by atoms with Gasteiger partial charge in [-0.25, -0.2) is 0 Å². The van der Waals surface area contributed by atoms with Crippen molar-refractivity contribution in [2.75, 3.05) is 11.5 Å². The average Bonchev–Trinajstić information content (AvgIpc) is 2.67. The van der Waals surface area contributed by atoms with Crippen molar-refractivity contribution >= 4 is 33.1 Å². The van der Waals surface area contributed by atoms with Crippen molar-refractivity contribution in [2.45, 2.75) is 13.8 Å². The van der Waals surface area contributed by atoms with E-state index in [1.54, 1.807) is 6.07 Å². The number of benzene rings is 2. The van der Waals surface area contributed by atoms with Gasteiger partial charge in [-0.05, 0) is 0 Å². The molecule has 3 heteroatoms. The van der Waals surface area contributed by atoms with Gasteiger partial charge in [-0.1, -0.05) is 0 Å². The molecule has 0 unspecified atom stereocenters. The van der Waals surface area contributed by atoms with Crippen LogP contribution in [0.3, 0.4) is 0 Å². The minimum absolute atomic E-state index is 0.148. The Morgan fingerprint density at radius 1 is 1.09 bits per heavy atom. The Hall–Kier alpha value is -1.62. The molecular formula is C20H18FIO. The van der Waals surface area contributed by atoms with Gasteiger partial charge in [0.1, 0.15) is 0 Å². The molecule has 0 radical (unpaired) electrons. The van der Waals surface area contributed by atoms with Gasteiger partial charge in [-0.15, -0.1) is 0 Å². The third kappa shape index (κ3) is 2.24. The molecule has 0 bridgehead atoms. The van der Waals surface area contributed by atoms with Crippen molar-refractivity contribution in [3.63, 3.8) is 0 Å². The molecule has 0 aromatic heterocycles. The predicted molar refractivity (Wildman–Crippen MR) is 103 cm³/mol. The van der Waals surface area contributed by atoms with Crippen LogP contribution < -0.4 is 15.2 Å². The first-order chi connectivity index (χ1) is 11.1. The SMILES string of the molecule is CC1=c2ccccc2=CI(C)C2=C1COc1ccc(F)c(C)c12. The Morgan fingerprint density at radius 2 is 1.87 bits per heavy atom. The molecule has 2 aromatic carbocycles. The van der Waals surface area contributed by atoms with E-state index in [1.807, 2.05) is 6.92 Å². The average molecular weight is 420 g/mol. The Kier molecular flexibility index (Phi) is 3.56. The second kappa shape index (κ2) is 5.48. The first-order valence-corrected chi connectivity index (χ1v) is 12.1. The van der Waals surface area contributed by atoms with Crippen LogP contribution in [0.25, 0.3) is 13.2 Å². The van der Waals surface area contributed by atoms with Gasteiger partial charge < -0.3 is 0 Å². The van der Waals surface area contributed by atoms with E-state index in [4.69, 9.17) is 4.74 Å². The quantitative estimate of drug-likeness (QED) is 0.463. The molecule has 23 heavy (non-hydrogen) atoms. The number of rotatable bonds is 0. The van der Waals surface area contributed by atoms with Gasteiger partial charge in [0, 0.05) is 0 Å². The first kappa shape index (κ1) is 14.9. The molecule has 0 fully saturated rings. The Morgan fingerprint density at radius 3 is 2.70 bits per heavy atom. The fourth-order valence-corrected chi connectivity index (χ4v) is 8.32. The minimum atomic E-state index is -1.55. The van der Waals surface area contributed by atoms with Gasteiger partial charge in [0.05, 0.1) is 0 Å². The summed E-state index contributed by atoms with van der Waals surface area (Å²) in [6, 6.07) is 11.8. The molecule has 2 aromatic rings. The molecule has 2 heterocycles. The molecule has 2 aliphatic rings. The fourth-order valence-electron chi connectivity index (χ4n) is 3.35. The zero-order chi connectivity index (χ0) is 16.1. The van der Waals surface area contributed by atoms with E-state index in [-0.39, 0.29) is 5.82 Å². The first-order valence-electron chi connectivity index (χ1n) is 7.60. The van der Waals surface area contributed by atoms with Crippen molar-refractivity contribution < 1.29 is 9.13 Å². The van der Waals surface area contributed by atoms with Crippen LogP contribution in [0.2, 0.25) is 0 Å². The van der Waals surface area contributed by atoms with E-state index in [0.29, 0.717) is 12.2 Å². The van der Waals surface area contributed by atoms with Gasteiger partial charge in [-0.2, -0.15) is 0 Å². The Balaban J connectivity index is 2.11. The molecule has 0 N–H and O–H groups in total. The maximum absolute atomic E-state index is 14.2. The van der Waals surface area contributed by atoms with E-state index in [9.17, 15) is 4.39 Å². The summed E-state index contributed by atoms with van der Waals surface area (Å²) in [5.41, 5.74) is 4.25. The molecule has 4 rings (SSSR count). The number of hydrogen-bond acceptors (Lipinski definition) is 1. The van der Waals surface area contributed by atoms with Crippen molar-refractivity contribution in [3.05, 3.63) is 69.4 Å². The summed E-state index contributed by atoms with van der Waals surface area (Å²) in [4.78, 5) is 2.34. The molecule has 0 atom stereocenters. The number of halogens is 2. The van der Waals surface area contributed by atoms with Gasteiger partial charge in [0.15, 0.2) is 0 Å². The van der Waals surface area contributed by atoms with E-state index >= 15 is 0 Å². The van der Waals surface area contributed by atoms with Crippen molar-refractivity contribution in [1.82, 2.24) is 0 Å². The van der Waals surface area contributed by atoms with Crippen LogP contribution in [-0.2, 0) is 0 Å². The topological polar surface area (TPSA) is 9.23 Å². The second-order valence-electron chi connectivity index (χ2n) is 5.96. The van der Waals surface area contributed by atoms with Crippen LogP contribution in [0, 0.1) is 12.7 Å². The summed E-state index contributed by atoms with van der Waals surface area (Å²) in [5, 5.41) is 2.59. The summed E-state index contributed by atoms with van der Waals surface area (Å²) in [5.74, 6) is 0.684. The summed E-state index contributed by atoms with van der Waals surface area (Å²) < 4.78 is 24.0. The van der Waals surface area contributed by atoms with Gasteiger partial charge in [0.2, 0.25) is 0 Å². The van der Waals surface area contributed by atoms with E-state index in [2.05, 4.69) is 40.2 Å². The Bertz CT molecular complexity index is 972. The second-order valence-corrected chi connectivity index (χ2v) is 10.6. The van der Waals surface area contributed by atoms with Gasteiger partial charge in [-0.3, -0.25) is 0 Å². The summed E-state index contributed by atoms with van der Waals surface area (Å²) in [6.45, 7) is 4.62. The standard InChI is InChI=1S/C20H18FIO/c1-12-15-7-5-4-6-14(15)10-22(3)20-16(12)11-23-18-9-8-17(21)13(2)19(18)20/h4-10H,11H2,1-3H3. The molecule has 0 spiro atoms. The van der Waals surface area contributed by atoms with Crippen LogP contribution >= 0.6 is 19.8 Å². The normalized spacial score (nSPS) is 17.6. The van der Waals surface area contributed by atoms with Crippen LogP contribution in [0.4, 0.5) is 4.39 Å². The van der Waals surface area contributed by atoms with Crippen molar-refractivity contribution in [3.8, 4) is 5.75 Å². The van der Waals surface area contributed by atoms with Crippen molar-refractivity contribution in [1.29, 1.82) is 0 Å². The zero-order valence-electron chi connectivity index (χ0n) is 13.4. The van der Waals surface area contributed by atoms with Crippen LogP contribution in [-0.4, -0.2) is 11.5 Å². The molecule has 2 aliphatic heterocycles. The molecule has 0 saturated heterocycles. The van der Waals surface area contributed by atoms with Crippen LogP contribution in [0.5, 0.6) is 5.75 Å². The maximum atomic E-state index is 14.2. The van der Waals surface area contributed by atoms with Crippen molar-refractivity contribution in [2.24, 2.45) is 0 Å². The van der Waals surface area contributed by atoms with Crippen LogP contribution in [0.1, 0.15) is 18.1 Å². The van der Waals surface area contributed by atoms with E-state index in [1.165, 1.54) is 31.2 Å². The summed E-state index contributed by atoms with van der Waals surface area (Å²) in [6.07, 6.45) is 0. The zero-order valence-corrected chi connectivity index (χ0v) is 15.6. The molecule has 0 aliphatic carbocycles. The third-order valence-corrected chi connectivity index (χ3v) is 9.11. The number of fused-ring (bicyclic) bond motifs is 3. The number of hydrogen-bond donors (Lipinski definition) is 0. The summed E-state index contributed by atoms with van der Waals surface area (Å²) >= 11 is -1.55. The monoisotopic (exact) mass is 420 g/mol. The number of ether oxygens (including phenoxy) is 1. The molecule has 0 saturated carbocycles. The fraction of sp³-hybridized carbons (Fsp3) is 0.200. The molecule has 1 nitrogen and oxygen atoms in total. The van der Waals surface area contributed by atoms with Gasteiger partial charge in [0.25, 0.3) is 0 Å². The third-order valence-electron chi connectivity index (χ3n) is 4.61. The van der Waals surface area contributed by atoms with Crippen LogP contribution in [0.15, 0.2) is 42.0 Å². The predicted octanol–water partition coefficient (Wildman–Crippen LogP) is 4.00. The number of alkyl halides is 1. The van der Waals surface area contributed by atoms with Gasteiger partial charge >= 0.3 is 143 Å². The van der Waals surface area contributed by atoms with E-state index in [0.717, 1.165) is 11.3 Å².